The molecule has 0 fully saturated rings. The second-order valence-corrected chi connectivity index (χ2v) is 3.13. The van der Waals surface area contributed by atoms with Crippen LogP contribution in [0.2, 0.25) is 0 Å². The van der Waals surface area contributed by atoms with Gasteiger partial charge < -0.3 is 10.4 Å². The lowest BCUT2D eigenvalue weighted by molar-refractivity contribution is -0.138. The molecule has 0 saturated heterocycles. The highest BCUT2D eigenvalue weighted by atomic mass is 19.2. The molecule has 16 heavy (non-hydrogen) atoms. The van der Waals surface area contributed by atoms with Gasteiger partial charge in [0, 0.05) is 0 Å². The Hall–Kier alpha value is -1.98. The van der Waals surface area contributed by atoms with E-state index in [1.54, 1.807) is 0 Å². The highest BCUT2D eigenvalue weighted by molar-refractivity contribution is 5.96. The van der Waals surface area contributed by atoms with Crippen molar-refractivity contribution < 1.29 is 23.5 Å². The summed E-state index contributed by atoms with van der Waals surface area (Å²) in [6, 6.07) is 1.93. The van der Waals surface area contributed by atoms with Crippen molar-refractivity contribution in [3.63, 3.8) is 0 Å². The molecule has 0 radical (unpaired) electrons. The minimum absolute atomic E-state index is 0.520. The van der Waals surface area contributed by atoms with Gasteiger partial charge in [-0.15, -0.1) is 0 Å². The van der Waals surface area contributed by atoms with Crippen molar-refractivity contribution in [1.29, 1.82) is 0 Å². The van der Waals surface area contributed by atoms with E-state index in [1.165, 1.54) is 13.0 Å². The number of carboxylic acids is 1. The average Bonchev–Trinajstić information content (AvgIpc) is 2.21. The predicted molar refractivity (Wildman–Crippen MR) is 50.9 cm³/mol. The molecular weight excluding hydrogens is 220 g/mol. The first kappa shape index (κ1) is 12.1. The second-order valence-electron chi connectivity index (χ2n) is 3.13. The standard InChI is InChI=1S/C10H9F2NO3/c1-5(10(15)16)13-9(14)6-3-2-4-7(11)8(6)12/h2-5H,1H3,(H,13,14)(H,15,16). The Balaban J connectivity index is 2.89. The van der Waals surface area contributed by atoms with Gasteiger partial charge in [-0.05, 0) is 19.1 Å². The molecule has 4 nitrogen and oxygen atoms in total. The molecule has 0 spiro atoms. The highest BCUT2D eigenvalue weighted by Gasteiger charge is 2.19. The summed E-state index contributed by atoms with van der Waals surface area (Å²) in [5, 5.41) is 10.5. The van der Waals surface area contributed by atoms with Crippen molar-refractivity contribution >= 4 is 11.9 Å². The van der Waals surface area contributed by atoms with Gasteiger partial charge in [-0.1, -0.05) is 6.07 Å². The molecule has 0 aliphatic heterocycles. The number of halogens is 2. The van der Waals surface area contributed by atoms with Gasteiger partial charge in [0.2, 0.25) is 0 Å². The molecule has 1 aromatic rings. The topological polar surface area (TPSA) is 66.4 Å². The van der Waals surface area contributed by atoms with Crippen molar-refractivity contribution in [2.75, 3.05) is 0 Å². The predicted octanol–water partition coefficient (Wildman–Crippen LogP) is 1.17. The van der Waals surface area contributed by atoms with Gasteiger partial charge in [-0.3, -0.25) is 9.59 Å². The number of carbonyl (C=O) groups excluding carboxylic acids is 1. The Labute approximate surface area is 89.9 Å². The molecule has 0 aliphatic rings. The average molecular weight is 229 g/mol. The van der Waals surface area contributed by atoms with Gasteiger partial charge in [-0.2, -0.15) is 0 Å². The molecule has 0 saturated carbocycles. The minimum Gasteiger partial charge on any atom is -0.480 e. The maximum Gasteiger partial charge on any atom is 0.325 e. The van der Waals surface area contributed by atoms with Crippen molar-refractivity contribution in [3.05, 3.63) is 35.4 Å². The minimum atomic E-state index is -1.29. The maximum atomic E-state index is 13.1. The molecular formula is C10H9F2NO3. The zero-order valence-electron chi connectivity index (χ0n) is 8.33. The van der Waals surface area contributed by atoms with Crippen LogP contribution in [0, 0.1) is 11.6 Å². The van der Waals surface area contributed by atoms with Crippen LogP contribution >= 0.6 is 0 Å². The number of carboxylic acid groups (broad SMARTS) is 1. The summed E-state index contributed by atoms with van der Waals surface area (Å²) in [4.78, 5) is 21.8. The molecule has 6 heteroatoms. The third-order valence-corrected chi connectivity index (χ3v) is 1.91. The van der Waals surface area contributed by atoms with Crippen LogP contribution < -0.4 is 5.32 Å². The number of carbonyl (C=O) groups is 2. The number of rotatable bonds is 3. The summed E-state index contributed by atoms with van der Waals surface area (Å²) < 4.78 is 25.9. The Morgan fingerprint density at radius 1 is 1.38 bits per heavy atom. The van der Waals surface area contributed by atoms with E-state index in [-0.39, 0.29) is 0 Å². The fourth-order valence-electron chi connectivity index (χ4n) is 1.02. The number of amides is 1. The van der Waals surface area contributed by atoms with Crippen molar-refractivity contribution in [1.82, 2.24) is 5.32 Å². The zero-order valence-corrected chi connectivity index (χ0v) is 8.33. The molecule has 1 atom stereocenters. The summed E-state index contributed by atoms with van der Waals surface area (Å²) in [6.45, 7) is 1.22. The molecule has 1 amide bonds. The van der Waals surface area contributed by atoms with Gasteiger partial charge >= 0.3 is 5.97 Å². The maximum absolute atomic E-state index is 13.1. The number of benzene rings is 1. The van der Waals surface area contributed by atoms with E-state index in [4.69, 9.17) is 5.11 Å². The largest absolute Gasteiger partial charge is 0.480 e. The molecule has 0 aromatic heterocycles. The van der Waals surface area contributed by atoms with E-state index in [2.05, 4.69) is 0 Å². The summed E-state index contributed by atoms with van der Waals surface area (Å²) >= 11 is 0. The summed E-state index contributed by atoms with van der Waals surface area (Å²) in [6.07, 6.45) is 0. The highest BCUT2D eigenvalue weighted by Crippen LogP contribution is 2.11. The normalized spacial score (nSPS) is 11.9. The molecule has 1 unspecified atom stereocenters. The Morgan fingerprint density at radius 3 is 2.56 bits per heavy atom. The summed E-state index contributed by atoms with van der Waals surface area (Å²) in [7, 11) is 0. The SMILES string of the molecule is CC(NC(=O)c1cccc(F)c1F)C(=O)O. The third kappa shape index (κ3) is 2.53. The van der Waals surface area contributed by atoms with Gasteiger partial charge in [0.05, 0.1) is 5.56 Å². The number of aliphatic carboxylic acids is 1. The molecule has 1 aromatic carbocycles. The Kier molecular flexibility index (Phi) is 3.55. The smallest absolute Gasteiger partial charge is 0.325 e. The van der Waals surface area contributed by atoms with Crippen LogP contribution in [0.5, 0.6) is 0 Å². The fraction of sp³-hybridized carbons (Fsp3) is 0.200. The third-order valence-electron chi connectivity index (χ3n) is 1.91. The first-order chi connectivity index (χ1) is 7.43. The summed E-state index contributed by atoms with van der Waals surface area (Å²) in [5.74, 6) is -4.68. The Bertz CT molecular complexity index is 434. The van der Waals surface area contributed by atoms with Crippen LogP contribution in [-0.4, -0.2) is 23.0 Å². The quantitative estimate of drug-likeness (QED) is 0.817. The first-order valence-corrected chi connectivity index (χ1v) is 4.41. The molecule has 0 bridgehead atoms. The number of hydrogen-bond donors (Lipinski definition) is 2. The number of nitrogens with one attached hydrogen (secondary N) is 1. The van der Waals surface area contributed by atoms with Gasteiger partial charge in [-0.25, -0.2) is 8.78 Å². The fourth-order valence-corrected chi connectivity index (χ4v) is 1.02. The van der Waals surface area contributed by atoms with E-state index < -0.39 is 35.1 Å². The lowest BCUT2D eigenvalue weighted by Gasteiger charge is -2.09. The van der Waals surface area contributed by atoms with Crippen molar-refractivity contribution in [3.8, 4) is 0 Å². The number of hydrogen-bond acceptors (Lipinski definition) is 2. The van der Waals surface area contributed by atoms with Crippen LogP contribution in [0.25, 0.3) is 0 Å². The van der Waals surface area contributed by atoms with Crippen LogP contribution in [0.3, 0.4) is 0 Å². The van der Waals surface area contributed by atoms with Crippen LogP contribution in [0.15, 0.2) is 18.2 Å². The van der Waals surface area contributed by atoms with Crippen LogP contribution in [-0.2, 0) is 4.79 Å². The van der Waals surface area contributed by atoms with Crippen molar-refractivity contribution in [2.24, 2.45) is 0 Å². The molecule has 2 N–H and O–H groups in total. The van der Waals surface area contributed by atoms with Crippen molar-refractivity contribution in [2.45, 2.75) is 13.0 Å². The van der Waals surface area contributed by atoms with E-state index in [1.807, 2.05) is 5.32 Å². The van der Waals surface area contributed by atoms with E-state index in [0.717, 1.165) is 12.1 Å². The molecule has 86 valence electrons. The van der Waals surface area contributed by atoms with Gasteiger partial charge in [0.25, 0.3) is 5.91 Å². The monoisotopic (exact) mass is 229 g/mol. The lowest BCUT2D eigenvalue weighted by atomic mass is 10.2. The van der Waals surface area contributed by atoms with E-state index in [9.17, 15) is 18.4 Å². The van der Waals surface area contributed by atoms with Crippen LogP contribution in [0.4, 0.5) is 8.78 Å². The van der Waals surface area contributed by atoms with Crippen LogP contribution in [0.1, 0.15) is 17.3 Å². The zero-order chi connectivity index (χ0) is 12.3. The molecule has 0 heterocycles. The Morgan fingerprint density at radius 2 is 2.00 bits per heavy atom. The van der Waals surface area contributed by atoms with E-state index in [0.29, 0.717) is 0 Å². The summed E-state index contributed by atoms with van der Waals surface area (Å²) in [5.41, 5.74) is -0.520. The molecule has 1 rings (SSSR count). The van der Waals surface area contributed by atoms with Gasteiger partial charge in [0.1, 0.15) is 6.04 Å². The van der Waals surface area contributed by atoms with E-state index >= 15 is 0 Å². The first-order valence-electron chi connectivity index (χ1n) is 4.41. The second kappa shape index (κ2) is 4.69. The molecule has 0 aliphatic carbocycles. The lowest BCUT2D eigenvalue weighted by Crippen LogP contribution is -2.38. The van der Waals surface area contributed by atoms with Gasteiger partial charge in [0.15, 0.2) is 11.6 Å².